The molecule has 1 aliphatic rings. The zero-order valence-corrected chi connectivity index (χ0v) is 14.2. The van der Waals surface area contributed by atoms with E-state index in [0.717, 1.165) is 36.6 Å². The number of aryl methyl sites for hydroxylation is 1. The van der Waals surface area contributed by atoms with Crippen molar-refractivity contribution < 1.29 is 9.53 Å². The van der Waals surface area contributed by atoms with E-state index in [4.69, 9.17) is 9.72 Å². The number of hydrogen-bond acceptors (Lipinski definition) is 5. The molecular formula is C16H26N2O2S. The van der Waals surface area contributed by atoms with Gasteiger partial charge in [0.15, 0.2) is 5.13 Å². The minimum atomic E-state index is -0.150. The van der Waals surface area contributed by atoms with Gasteiger partial charge in [0.2, 0.25) is 0 Å². The van der Waals surface area contributed by atoms with Crippen LogP contribution in [0.15, 0.2) is 0 Å². The number of thiazole rings is 1. The number of aromatic nitrogens is 1. The molecule has 0 saturated heterocycles. The molecule has 1 heterocycles. The van der Waals surface area contributed by atoms with E-state index in [1.165, 1.54) is 24.1 Å². The highest BCUT2D eigenvalue weighted by Gasteiger charge is 2.31. The monoisotopic (exact) mass is 310 g/mol. The molecule has 0 spiro atoms. The van der Waals surface area contributed by atoms with Crippen molar-refractivity contribution in [3.63, 3.8) is 0 Å². The fraction of sp³-hybridized carbons (Fsp3) is 0.750. The number of rotatable bonds is 7. The van der Waals surface area contributed by atoms with E-state index in [2.05, 4.69) is 18.9 Å². The number of anilines is 1. The van der Waals surface area contributed by atoms with Crippen molar-refractivity contribution in [3.05, 3.63) is 10.6 Å². The van der Waals surface area contributed by atoms with Crippen molar-refractivity contribution in [2.45, 2.75) is 58.3 Å². The highest BCUT2D eigenvalue weighted by molar-refractivity contribution is 7.15. The van der Waals surface area contributed by atoms with Crippen molar-refractivity contribution >= 4 is 22.4 Å². The van der Waals surface area contributed by atoms with Crippen LogP contribution < -0.4 is 4.90 Å². The first kappa shape index (κ1) is 16.3. The summed E-state index contributed by atoms with van der Waals surface area (Å²) in [6, 6.07) is 0. The third kappa shape index (κ3) is 3.96. The average Bonchev–Trinajstić information content (AvgIpc) is 2.91. The quantitative estimate of drug-likeness (QED) is 0.568. The van der Waals surface area contributed by atoms with Gasteiger partial charge in [-0.05, 0) is 32.6 Å². The summed E-state index contributed by atoms with van der Waals surface area (Å²) in [5, 5.41) is 1.05. The third-order valence-corrected chi connectivity index (χ3v) is 5.18. The molecule has 1 aromatic rings. The number of nitrogens with zero attached hydrogens (tertiary/aromatic N) is 2. The standard InChI is InChI=1S/C16H26N2O2S/c1-4-6-7-11-18(3)16-17-14-12(15(19)20-5-2)9-8-10-13(14)21-16/h12H,4-11H2,1-3H3. The number of carbonyl (C=O) groups excluding carboxylic acids is 1. The van der Waals surface area contributed by atoms with Gasteiger partial charge in [-0.15, -0.1) is 11.3 Å². The van der Waals surface area contributed by atoms with E-state index in [1.807, 2.05) is 6.92 Å². The fourth-order valence-electron chi connectivity index (χ4n) is 2.74. The summed E-state index contributed by atoms with van der Waals surface area (Å²) < 4.78 is 5.20. The molecule has 2 rings (SSSR count). The second kappa shape index (κ2) is 7.78. The molecule has 0 N–H and O–H groups in total. The van der Waals surface area contributed by atoms with Crippen molar-refractivity contribution in [3.8, 4) is 0 Å². The first-order chi connectivity index (χ1) is 10.2. The van der Waals surface area contributed by atoms with E-state index in [0.29, 0.717) is 6.61 Å². The molecule has 5 heteroatoms. The van der Waals surface area contributed by atoms with Crippen LogP contribution in [0.3, 0.4) is 0 Å². The van der Waals surface area contributed by atoms with Gasteiger partial charge in [0.1, 0.15) is 5.92 Å². The normalized spacial score (nSPS) is 17.4. The Morgan fingerprint density at radius 3 is 2.95 bits per heavy atom. The average molecular weight is 310 g/mol. The number of hydrogen-bond donors (Lipinski definition) is 0. The van der Waals surface area contributed by atoms with Gasteiger partial charge in [0.05, 0.1) is 12.3 Å². The summed E-state index contributed by atoms with van der Waals surface area (Å²) in [4.78, 5) is 20.3. The van der Waals surface area contributed by atoms with E-state index in [9.17, 15) is 4.79 Å². The second-order valence-corrected chi connectivity index (χ2v) is 6.69. The lowest BCUT2D eigenvalue weighted by Crippen LogP contribution is -2.21. The molecule has 0 radical (unpaired) electrons. The summed E-state index contributed by atoms with van der Waals surface area (Å²) in [6.45, 7) is 5.55. The lowest BCUT2D eigenvalue weighted by atomic mass is 9.91. The first-order valence-electron chi connectivity index (χ1n) is 8.04. The van der Waals surface area contributed by atoms with E-state index in [1.54, 1.807) is 11.3 Å². The van der Waals surface area contributed by atoms with Crippen LogP contribution in [0.1, 0.15) is 62.4 Å². The Hall–Kier alpha value is -1.10. The number of fused-ring (bicyclic) bond motifs is 1. The predicted molar refractivity (Wildman–Crippen MR) is 87.2 cm³/mol. The maximum absolute atomic E-state index is 12.1. The molecule has 4 nitrogen and oxygen atoms in total. The zero-order chi connectivity index (χ0) is 15.2. The Balaban J connectivity index is 2.09. The molecule has 21 heavy (non-hydrogen) atoms. The van der Waals surface area contributed by atoms with Crippen molar-refractivity contribution in [1.82, 2.24) is 4.98 Å². The van der Waals surface area contributed by atoms with E-state index in [-0.39, 0.29) is 11.9 Å². The van der Waals surface area contributed by atoms with Crippen LogP contribution in [0.2, 0.25) is 0 Å². The molecule has 118 valence electrons. The lowest BCUT2D eigenvalue weighted by molar-refractivity contribution is -0.145. The number of carbonyl (C=O) groups is 1. The summed E-state index contributed by atoms with van der Waals surface area (Å²) in [5.74, 6) is -0.258. The summed E-state index contributed by atoms with van der Waals surface area (Å²) in [7, 11) is 2.10. The van der Waals surface area contributed by atoms with Crippen LogP contribution >= 0.6 is 11.3 Å². The van der Waals surface area contributed by atoms with Gasteiger partial charge in [0, 0.05) is 18.5 Å². The van der Waals surface area contributed by atoms with Crippen LogP contribution in [0.5, 0.6) is 0 Å². The minimum Gasteiger partial charge on any atom is -0.465 e. The van der Waals surface area contributed by atoms with Crippen LogP contribution in [-0.4, -0.2) is 31.2 Å². The molecule has 0 aliphatic heterocycles. The molecule has 0 aromatic carbocycles. The van der Waals surface area contributed by atoms with Crippen LogP contribution in [-0.2, 0) is 16.0 Å². The van der Waals surface area contributed by atoms with Gasteiger partial charge in [-0.1, -0.05) is 19.8 Å². The largest absolute Gasteiger partial charge is 0.465 e. The van der Waals surface area contributed by atoms with Gasteiger partial charge >= 0.3 is 5.97 Å². The summed E-state index contributed by atoms with van der Waals surface area (Å²) >= 11 is 1.75. The Morgan fingerprint density at radius 1 is 1.43 bits per heavy atom. The Morgan fingerprint density at radius 2 is 2.24 bits per heavy atom. The number of ether oxygens (including phenoxy) is 1. The third-order valence-electron chi connectivity index (χ3n) is 3.94. The second-order valence-electron chi connectivity index (χ2n) is 5.63. The molecule has 1 unspecified atom stereocenters. The molecular weight excluding hydrogens is 284 g/mol. The molecule has 0 amide bonds. The van der Waals surface area contributed by atoms with Gasteiger partial charge in [-0.2, -0.15) is 0 Å². The highest BCUT2D eigenvalue weighted by atomic mass is 32.1. The Labute approximate surface area is 131 Å². The highest BCUT2D eigenvalue weighted by Crippen LogP contribution is 2.38. The smallest absolute Gasteiger partial charge is 0.315 e. The molecule has 1 atom stereocenters. The summed E-state index contributed by atoms with van der Waals surface area (Å²) in [5.41, 5.74) is 0.974. The van der Waals surface area contributed by atoms with E-state index >= 15 is 0 Å². The molecule has 0 saturated carbocycles. The maximum Gasteiger partial charge on any atom is 0.315 e. The van der Waals surface area contributed by atoms with Gasteiger partial charge in [-0.25, -0.2) is 4.98 Å². The number of unbranched alkanes of at least 4 members (excludes halogenated alkanes) is 2. The topological polar surface area (TPSA) is 42.4 Å². The molecule has 1 aliphatic carbocycles. The lowest BCUT2D eigenvalue weighted by Gasteiger charge is -2.19. The predicted octanol–water partition coefficient (Wildman–Crippen LogP) is 3.75. The molecule has 0 bridgehead atoms. The molecule has 0 fully saturated rings. The fourth-order valence-corrected chi connectivity index (χ4v) is 3.89. The maximum atomic E-state index is 12.1. The zero-order valence-electron chi connectivity index (χ0n) is 13.4. The SMILES string of the molecule is CCCCCN(C)c1nc2c(s1)CCCC2C(=O)OCC. The van der Waals surface area contributed by atoms with Crippen LogP contribution in [0.25, 0.3) is 0 Å². The van der Waals surface area contributed by atoms with Crippen molar-refractivity contribution in [1.29, 1.82) is 0 Å². The van der Waals surface area contributed by atoms with Crippen LogP contribution in [0.4, 0.5) is 5.13 Å². The van der Waals surface area contributed by atoms with E-state index < -0.39 is 0 Å². The van der Waals surface area contributed by atoms with Gasteiger partial charge in [-0.3, -0.25) is 4.79 Å². The Bertz CT molecular complexity index is 473. The molecule has 1 aromatic heterocycles. The van der Waals surface area contributed by atoms with Gasteiger partial charge < -0.3 is 9.64 Å². The minimum absolute atomic E-state index is 0.107. The van der Waals surface area contributed by atoms with Gasteiger partial charge in [0.25, 0.3) is 0 Å². The number of esters is 1. The van der Waals surface area contributed by atoms with Crippen LogP contribution in [0, 0.1) is 0 Å². The summed E-state index contributed by atoms with van der Waals surface area (Å²) in [6.07, 6.45) is 6.64. The Kier molecular flexibility index (Phi) is 6.03. The van der Waals surface area contributed by atoms with Crippen molar-refractivity contribution in [2.75, 3.05) is 25.1 Å². The first-order valence-corrected chi connectivity index (χ1v) is 8.86. The van der Waals surface area contributed by atoms with Crippen molar-refractivity contribution in [2.24, 2.45) is 0 Å².